The van der Waals surface area contributed by atoms with Crippen molar-refractivity contribution in [2.45, 2.75) is 45.9 Å². The average Bonchev–Trinajstić information content (AvgIpc) is 3.05. The van der Waals surface area contributed by atoms with E-state index in [1.54, 1.807) is 0 Å². The summed E-state index contributed by atoms with van der Waals surface area (Å²) in [5.41, 5.74) is 1.91. The second-order valence-corrected chi connectivity index (χ2v) is 7.19. The Labute approximate surface area is 144 Å². The van der Waals surface area contributed by atoms with E-state index in [-0.39, 0.29) is 5.41 Å². The van der Waals surface area contributed by atoms with Gasteiger partial charge >= 0.3 is 0 Å². The molecule has 1 saturated heterocycles. The molecule has 1 heterocycles. The number of nitrogens with zero attached hydrogens (tertiary/aromatic N) is 2. The van der Waals surface area contributed by atoms with Gasteiger partial charge in [0.15, 0.2) is 5.96 Å². The molecule has 1 aromatic carbocycles. The van der Waals surface area contributed by atoms with Crippen molar-refractivity contribution in [2.24, 2.45) is 16.3 Å². The summed E-state index contributed by atoms with van der Waals surface area (Å²) < 4.78 is 5.86. The molecule has 5 nitrogen and oxygen atoms in total. The number of hydrogen-bond acceptors (Lipinski definition) is 3. The molecular weight excluding hydrogens is 300 g/mol. The number of rotatable bonds is 4. The molecule has 24 heavy (non-hydrogen) atoms. The van der Waals surface area contributed by atoms with Gasteiger partial charge in [0.05, 0.1) is 24.3 Å². The second kappa shape index (κ2) is 6.82. The van der Waals surface area contributed by atoms with E-state index in [0.717, 1.165) is 31.1 Å². The maximum absolute atomic E-state index is 8.87. The molecule has 0 bridgehead atoms. The van der Waals surface area contributed by atoms with Crippen LogP contribution in [0.3, 0.4) is 0 Å². The predicted molar refractivity (Wildman–Crippen MR) is 94.5 cm³/mol. The maximum Gasteiger partial charge on any atom is 0.191 e. The summed E-state index contributed by atoms with van der Waals surface area (Å²) in [6.07, 6.45) is 1.50. The van der Waals surface area contributed by atoms with Gasteiger partial charge in [0, 0.05) is 30.5 Å². The molecule has 2 aliphatic rings. The van der Waals surface area contributed by atoms with Gasteiger partial charge in [-0.2, -0.15) is 5.26 Å². The number of benzene rings is 1. The topological polar surface area (TPSA) is 69.4 Å². The molecule has 1 aliphatic carbocycles. The number of fused-ring (bicyclic) bond motifs is 1. The fraction of sp³-hybridized carbons (Fsp3) is 0.579. The molecule has 1 aromatic rings. The van der Waals surface area contributed by atoms with Crippen LogP contribution >= 0.6 is 0 Å². The summed E-state index contributed by atoms with van der Waals surface area (Å²) in [6.45, 7) is 8.90. The fourth-order valence-electron chi connectivity index (χ4n) is 3.94. The van der Waals surface area contributed by atoms with Crippen molar-refractivity contribution in [3.63, 3.8) is 0 Å². The van der Waals surface area contributed by atoms with Gasteiger partial charge in [-0.1, -0.05) is 26.0 Å². The van der Waals surface area contributed by atoms with E-state index in [1.165, 1.54) is 0 Å². The van der Waals surface area contributed by atoms with Gasteiger partial charge in [-0.05, 0) is 31.0 Å². The van der Waals surface area contributed by atoms with Gasteiger partial charge in [-0.25, -0.2) is 4.99 Å². The Bertz CT molecular complexity index is 644. The molecule has 0 amide bonds. The summed E-state index contributed by atoms with van der Waals surface area (Å²) in [7, 11) is 0. The first-order valence-corrected chi connectivity index (χ1v) is 8.71. The minimum atomic E-state index is 0.131. The Hall–Kier alpha value is -2.06. The highest BCUT2D eigenvalue weighted by Gasteiger charge is 2.59. The van der Waals surface area contributed by atoms with E-state index in [9.17, 15) is 0 Å². The third-order valence-electron chi connectivity index (χ3n) is 5.24. The van der Waals surface area contributed by atoms with E-state index in [0.29, 0.717) is 30.2 Å². The van der Waals surface area contributed by atoms with Gasteiger partial charge < -0.3 is 15.4 Å². The van der Waals surface area contributed by atoms with E-state index in [4.69, 9.17) is 15.0 Å². The van der Waals surface area contributed by atoms with Crippen LogP contribution in [0.5, 0.6) is 0 Å². The zero-order chi connectivity index (χ0) is 17.2. The third kappa shape index (κ3) is 3.11. The van der Waals surface area contributed by atoms with Gasteiger partial charge in [-0.3, -0.25) is 0 Å². The molecule has 128 valence electrons. The van der Waals surface area contributed by atoms with Crippen LogP contribution in [0.1, 0.15) is 38.3 Å². The molecule has 2 N–H and O–H groups in total. The lowest BCUT2D eigenvalue weighted by Gasteiger charge is -2.54. The van der Waals surface area contributed by atoms with Crippen molar-refractivity contribution in [1.82, 2.24) is 10.6 Å². The van der Waals surface area contributed by atoms with Crippen molar-refractivity contribution in [1.29, 1.82) is 5.26 Å². The summed E-state index contributed by atoms with van der Waals surface area (Å²) in [4.78, 5) is 4.71. The molecule has 3 unspecified atom stereocenters. The minimum Gasteiger partial charge on any atom is -0.377 e. The second-order valence-electron chi connectivity index (χ2n) is 7.19. The van der Waals surface area contributed by atoms with Crippen LogP contribution in [0.2, 0.25) is 0 Å². The van der Waals surface area contributed by atoms with Gasteiger partial charge in [0.25, 0.3) is 0 Å². The Kier molecular flexibility index (Phi) is 4.77. The largest absolute Gasteiger partial charge is 0.377 e. The maximum atomic E-state index is 8.87. The van der Waals surface area contributed by atoms with Gasteiger partial charge in [0.2, 0.25) is 0 Å². The van der Waals surface area contributed by atoms with Crippen LogP contribution in [0.25, 0.3) is 0 Å². The highest BCUT2D eigenvalue weighted by molar-refractivity contribution is 5.80. The molecular formula is C19H26N4O. The molecule has 0 radical (unpaired) electrons. The zero-order valence-corrected chi connectivity index (χ0v) is 14.7. The van der Waals surface area contributed by atoms with E-state index < -0.39 is 0 Å². The standard InChI is InChI=1S/C19H26N4O/c1-4-21-18(22-12-14-7-5-13(11-20)6-8-14)23-16-15-9-10-24-17(15)19(16,2)3/h5-8,15-17H,4,9-10,12H2,1-3H3,(H2,21,22,23). The van der Waals surface area contributed by atoms with Crippen LogP contribution in [-0.2, 0) is 11.3 Å². The van der Waals surface area contributed by atoms with Crippen LogP contribution in [0.4, 0.5) is 0 Å². The van der Waals surface area contributed by atoms with Crippen LogP contribution in [-0.4, -0.2) is 31.3 Å². The van der Waals surface area contributed by atoms with Crippen LogP contribution < -0.4 is 10.6 Å². The highest BCUT2D eigenvalue weighted by Crippen LogP contribution is 2.52. The Balaban J connectivity index is 1.66. The monoisotopic (exact) mass is 326 g/mol. The quantitative estimate of drug-likeness (QED) is 0.658. The number of nitrogens with one attached hydrogen (secondary N) is 2. The number of hydrogen-bond donors (Lipinski definition) is 2. The molecule has 1 aliphatic heterocycles. The van der Waals surface area contributed by atoms with E-state index in [1.807, 2.05) is 24.3 Å². The predicted octanol–water partition coefficient (Wildman–Crippen LogP) is 2.43. The molecule has 0 spiro atoms. The lowest BCUT2D eigenvalue weighted by Crippen LogP contribution is -2.67. The van der Waals surface area contributed by atoms with Gasteiger partial charge in [0.1, 0.15) is 0 Å². The summed E-state index contributed by atoms with van der Waals surface area (Å²) in [6, 6.07) is 10.1. The summed E-state index contributed by atoms with van der Waals surface area (Å²) in [5.74, 6) is 1.43. The molecule has 3 rings (SSSR count). The van der Waals surface area contributed by atoms with Crippen LogP contribution in [0, 0.1) is 22.7 Å². The first-order chi connectivity index (χ1) is 11.6. The van der Waals surface area contributed by atoms with Crippen molar-refractivity contribution < 1.29 is 4.74 Å². The van der Waals surface area contributed by atoms with Crippen molar-refractivity contribution in [3.05, 3.63) is 35.4 Å². The number of aliphatic imine (C=N–C) groups is 1. The number of guanidine groups is 1. The molecule has 5 heteroatoms. The third-order valence-corrected chi connectivity index (χ3v) is 5.24. The number of nitriles is 1. The summed E-state index contributed by atoms with van der Waals surface area (Å²) >= 11 is 0. The van der Waals surface area contributed by atoms with Crippen molar-refractivity contribution in [2.75, 3.05) is 13.2 Å². The Morgan fingerprint density at radius 2 is 2.12 bits per heavy atom. The first-order valence-electron chi connectivity index (χ1n) is 8.71. The first kappa shape index (κ1) is 16.8. The van der Waals surface area contributed by atoms with Crippen molar-refractivity contribution >= 4 is 5.96 Å². The smallest absolute Gasteiger partial charge is 0.191 e. The Morgan fingerprint density at radius 3 is 2.79 bits per heavy atom. The van der Waals surface area contributed by atoms with E-state index in [2.05, 4.69) is 37.5 Å². The minimum absolute atomic E-state index is 0.131. The molecule has 2 fully saturated rings. The van der Waals surface area contributed by atoms with E-state index >= 15 is 0 Å². The highest BCUT2D eigenvalue weighted by atomic mass is 16.5. The summed E-state index contributed by atoms with van der Waals surface area (Å²) in [5, 5.41) is 15.8. The van der Waals surface area contributed by atoms with Crippen LogP contribution in [0.15, 0.2) is 29.3 Å². The lowest BCUT2D eigenvalue weighted by molar-refractivity contribution is -0.106. The normalized spacial score (nSPS) is 27.8. The Morgan fingerprint density at radius 1 is 1.38 bits per heavy atom. The number of ether oxygens (including phenoxy) is 1. The fourth-order valence-corrected chi connectivity index (χ4v) is 3.94. The SMILES string of the molecule is CCNC(=NCc1ccc(C#N)cc1)NC1C2CCOC2C1(C)C. The van der Waals surface area contributed by atoms with Gasteiger partial charge in [-0.15, -0.1) is 0 Å². The lowest BCUT2D eigenvalue weighted by atomic mass is 9.57. The molecule has 1 saturated carbocycles. The molecule has 3 atom stereocenters. The molecule has 0 aromatic heterocycles. The zero-order valence-electron chi connectivity index (χ0n) is 14.7. The average molecular weight is 326 g/mol. The van der Waals surface area contributed by atoms with Crippen molar-refractivity contribution in [3.8, 4) is 6.07 Å².